The molecule has 0 amide bonds. The van der Waals surface area contributed by atoms with E-state index in [1.165, 1.54) is 6.20 Å². The van der Waals surface area contributed by atoms with Crippen LogP contribution in [0, 0.1) is 12.7 Å². The molecule has 2 heterocycles. The molecular formula is C28H29FN2O5S. The zero-order valence-corrected chi connectivity index (χ0v) is 21.9. The molecular weight excluding hydrogens is 495 g/mol. The highest BCUT2D eigenvalue weighted by molar-refractivity contribution is 7.90. The van der Waals surface area contributed by atoms with Gasteiger partial charge in [-0.1, -0.05) is 12.1 Å². The molecule has 2 aromatic heterocycles. The van der Waals surface area contributed by atoms with Gasteiger partial charge in [-0.15, -0.1) is 4.72 Å². The third-order valence-electron chi connectivity index (χ3n) is 5.75. The van der Waals surface area contributed by atoms with Crippen molar-refractivity contribution in [3.05, 3.63) is 83.1 Å². The molecule has 0 radical (unpaired) electrons. The Morgan fingerprint density at radius 2 is 1.97 bits per heavy atom. The van der Waals surface area contributed by atoms with E-state index < -0.39 is 27.9 Å². The van der Waals surface area contributed by atoms with Gasteiger partial charge in [-0.2, -0.15) is 0 Å². The summed E-state index contributed by atoms with van der Waals surface area (Å²) < 4.78 is 42.0. The Hall–Kier alpha value is -3.40. The number of carbonyl (C=O) groups is 1. The van der Waals surface area contributed by atoms with Gasteiger partial charge in [0, 0.05) is 39.6 Å². The van der Waals surface area contributed by atoms with Crippen LogP contribution < -0.4 is 9.46 Å². The van der Waals surface area contributed by atoms with Crippen LogP contribution in [0.15, 0.2) is 59.3 Å². The van der Waals surface area contributed by atoms with E-state index in [0.717, 1.165) is 16.5 Å². The maximum atomic E-state index is 15.6. The number of nitrogens with one attached hydrogen (secondary N) is 1. The highest BCUT2D eigenvalue weighted by Crippen LogP contribution is 2.34. The van der Waals surface area contributed by atoms with Gasteiger partial charge in [-0.3, -0.25) is 9.78 Å². The molecule has 0 fully saturated rings. The molecule has 0 unspecified atom stereocenters. The molecule has 2 aromatic carbocycles. The van der Waals surface area contributed by atoms with Crippen molar-refractivity contribution in [2.75, 3.05) is 0 Å². The number of pyridine rings is 1. The van der Waals surface area contributed by atoms with Crippen LogP contribution in [0.5, 0.6) is 5.75 Å². The SMILES string of the molecule is Cc1ccc(CC(=O)O)c(OCc2cc(-c3ccnc(CN[S@+]([O-])C(C)(C)C)c3F)c3occc3c2)c1. The number of carboxylic acids is 1. The summed E-state index contributed by atoms with van der Waals surface area (Å²) in [6.45, 7) is 7.56. The molecule has 0 aliphatic heterocycles. The lowest BCUT2D eigenvalue weighted by Crippen LogP contribution is -2.39. The number of halogens is 1. The molecule has 194 valence electrons. The van der Waals surface area contributed by atoms with Crippen LogP contribution in [0.2, 0.25) is 0 Å². The second kappa shape index (κ2) is 10.9. The van der Waals surface area contributed by atoms with Crippen molar-refractivity contribution < 1.29 is 28.0 Å². The summed E-state index contributed by atoms with van der Waals surface area (Å²) in [4.78, 5) is 15.4. The molecule has 0 saturated carbocycles. The second-order valence-corrected chi connectivity index (χ2v) is 11.8. The fourth-order valence-electron chi connectivity index (χ4n) is 3.86. The van der Waals surface area contributed by atoms with E-state index in [-0.39, 0.29) is 25.3 Å². The molecule has 4 aromatic rings. The Balaban J connectivity index is 1.65. The fraction of sp³-hybridized carbons (Fsp3) is 0.286. The number of hydrogen-bond acceptors (Lipinski definition) is 6. The zero-order chi connectivity index (χ0) is 26.7. The molecule has 0 saturated heterocycles. The molecule has 4 rings (SSSR count). The third-order valence-corrected chi connectivity index (χ3v) is 7.27. The maximum Gasteiger partial charge on any atom is 0.307 e. The van der Waals surface area contributed by atoms with Crippen LogP contribution >= 0.6 is 0 Å². The van der Waals surface area contributed by atoms with Crippen LogP contribution in [0.3, 0.4) is 0 Å². The first-order valence-corrected chi connectivity index (χ1v) is 12.9. The number of aryl methyl sites for hydroxylation is 1. The van der Waals surface area contributed by atoms with Gasteiger partial charge >= 0.3 is 5.97 Å². The van der Waals surface area contributed by atoms with Crippen molar-refractivity contribution in [2.45, 2.75) is 52.0 Å². The Bertz CT molecular complexity index is 1430. The minimum atomic E-state index is -1.37. The smallest absolute Gasteiger partial charge is 0.307 e. The Morgan fingerprint density at radius 3 is 2.70 bits per heavy atom. The highest BCUT2D eigenvalue weighted by Gasteiger charge is 2.27. The van der Waals surface area contributed by atoms with E-state index >= 15 is 4.39 Å². The quantitative estimate of drug-likeness (QED) is 0.270. The summed E-state index contributed by atoms with van der Waals surface area (Å²) in [5, 5.41) is 10.0. The van der Waals surface area contributed by atoms with Gasteiger partial charge in [0.2, 0.25) is 0 Å². The summed E-state index contributed by atoms with van der Waals surface area (Å²) in [5.74, 6) is -0.980. The second-order valence-electron chi connectivity index (χ2n) is 9.77. The number of aliphatic carboxylic acids is 1. The van der Waals surface area contributed by atoms with E-state index in [9.17, 15) is 14.5 Å². The first kappa shape index (κ1) is 26.7. The van der Waals surface area contributed by atoms with Crippen LogP contribution in [0.25, 0.3) is 22.1 Å². The van der Waals surface area contributed by atoms with Crippen molar-refractivity contribution in [3.63, 3.8) is 0 Å². The summed E-state index contributed by atoms with van der Waals surface area (Å²) in [6.07, 6.45) is 2.90. The lowest BCUT2D eigenvalue weighted by molar-refractivity contribution is -0.136. The molecule has 1 atom stereocenters. The average Bonchev–Trinajstić information content (AvgIpc) is 3.31. The molecule has 7 nitrogen and oxygen atoms in total. The van der Waals surface area contributed by atoms with Crippen molar-refractivity contribution in [3.8, 4) is 16.9 Å². The first-order valence-electron chi connectivity index (χ1n) is 11.8. The number of fused-ring (bicyclic) bond motifs is 1. The lowest BCUT2D eigenvalue weighted by atomic mass is 10.00. The number of aromatic nitrogens is 1. The molecule has 9 heteroatoms. The van der Waals surface area contributed by atoms with E-state index in [0.29, 0.717) is 28.0 Å². The summed E-state index contributed by atoms with van der Waals surface area (Å²) >= 11 is -1.37. The zero-order valence-electron chi connectivity index (χ0n) is 21.1. The minimum absolute atomic E-state index is 0.00731. The number of hydrogen-bond donors (Lipinski definition) is 2. The number of nitrogens with zero attached hydrogens (tertiary/aromatic N) is 1. The van der Waals surface area contributed by atoms with Crippen LogP contribution in [0.4, 0.5) is 4.39 Å². The van der Waals surface area contributed by atoms with Gasteiger partial charge < -0.3 is 18.8 Å². The molecule has 0 aliphatic rings. The van der Waals surface area contributed by atoms with Crippen molar-refractivity contribution >= 4 is 28.3 Å². The van der Waals surface area contributed by atoms with E-state index in [1.54, 1.807) is 36.6 Å². The average molecular weight is 525 g/mol. The largest absolute Gasteiger partial charge is 0.598 e. The topological polar surface area (TPSA) is 108 Å². The Kier molecular flexibility index (Phi) is 7.87. The number of benzene rings is 2. The fourth-order valence-corrected chi connectivity index (χ4v) is 4.56. The monoisotopic (exact) mass is 524 g/mol. The highest BCUT2D eigenvalue weighted by atomic mass is 32.2. The van der Waals surface area contributed by atoms with Crippen molar-refractivity contribution in [1.82, 2.24) is 9.71 Å². The summed E-state index contributed by atoms with van der Waals surface area (Å²) in [7, 11) is 0. The van der Waals surface area contributed by atoms with E-state index in [2.05, 4.69) is 9.71 Å². The van der Waals surface area contributed by atoms with Crippen molar-refractivity contribution in [1.29, 1.82) is 0 Å². The van der Waals surface area contributed by atoms with Gasteiger partial charge in [-0.05, 0) is 69.2 Å². The van der Waals surface area contributed by atoms with Gasteiger partial charge in [0.25, 0.3) is 0 Å². The van der Waals surface area contributed by atoms with Gasteiger partial charge in [0.05, 0.1) is 24.9 Å². The van der Waals surface area contributed by atoms with Crippen molar-refractivity contribution in [2.24, 2.45) is 0 Å². The lowest BCUT2D eigenvalue weighted by Gasteiger charge is -2.23. The number of furan rings is 1. The van der Waals surface area contributed by atoms with E-state index in [1.807, 2.05) is 39.8 Å². The number of ether oxygens (including phenoxy) is 1. The molecule has 0 aliphatic carbocycles. The normalized spacial score (nSPS) is 12.6. The van der Waals surface area contributed by atoms with Crippen LogP contribution in [0.1, 0.15) is 43.2 Å². The van der Waals surface area contributed by atoms with Gasteiger partial charge in [-0.25, -0.2) is 4.39 Å². The standard InChI is InChI=1S/C28H29FN2O5S/c1-17-5-6-19(14-25(32)33)24(11-17)36-16-18-12-20-8-10-35-27(20)22(13-18)21-7-9-30-23(26(21)29)15-31-37(34)28(2,3)4/h5-13,31H,14-16H2,1-4H3,(H,32,33)/t37-/m1/s1. The molecule has 0 bridgehead atoms. The maximum absolute atomic E-state index is 15.6. The minimum Gasteiger partial charge on any atom is -0.598 e. The molecule has 2 N–H and O–H groups in total. The molecule has 37 heavy (non-hydrogen) atoms. The van der Waals surface area contributed by atoms with Crippen LogP contribution in [-0.2, 0) is 35.7 Å². The van der Waals surface area contributed by atoms with Gasteiger partial charge in [0.15, 0.2) is 5.82 Å². The number of carboxylic acid groups (broad SMARTS) is 1. The van der Waals surface area contributed by atoms with Gasteiger partial charge in [0.1, 0.15) is 22.7 Å². The first-order chi connectivity index (χ1) is 17.5. The summed E-state index contributed by atoms with van der Waals surface area (Å²) in [5.41, 5.74) is 3.79. The van der Waals surface area contributed by atoms with Crippen LogP contribution in [-0.4, -0.2) is 25.4 Å². The number of rotatable bonds is 9. The Labute approximate surface area is 218 Å². The predicted octanol–water partition coefficient (Wildman–Crippen LogP) is 5.70. The van der Waals surface area contributed by atoms with E-state index in [4.69, 9.17) is 9.15 Å². The third kappa shape index (κ3) is 6.30. The summed E-state index contributed by atoms with van der Waals surface area (Å²) in [6, 6.07) is 12.4. The predicted molar refractivity (Wildman–Crippen MR) is 141 cm³/mol. The Morgan fingerprint density at radius 1 is 1.19 bits per heavy atom. The molecule has 0 spiro atoms.